The Balaban J connectivity index is 1.82. The van der Waals surface area contributed by atoms with E-state index in [0.717, 1.165) is 21.3 Å². The summed E-state index contributed by atoms with van der Waals surface area (Å²) in [6.07, 6.45) is 0. The minimum Gasteiger partial charge on any atom is -0.481 e. The van der Waals surface area contributed by atoms with Crippen molar-refractivity contribution in [2.75, 3.05) is 19.1 Å². The topological polar surface area (TPSA) is 77.4 Å². The lowest BCUT2D eigenvalue weighted by atomic mass is 10.2. The highest BCUT2D eigenvalue weighted by Gasteiger charge is 2.25. The summed E-state index contributed by atoms with van der Waals surface area (Å²) in [5, 5.41) is 1.18. The van der Waals surface area contributed by atoms with Crippen LogP contribution >= 0.6 is 22.9 Å². The largest absolute Gasteiger partial charge is 0.481 e. The highest BCUT2D eigenvalue weighted by molar-refractivity contribution is 7.22. The Morgan fingerprint density at radius 1 is 1.06 bits per heavy atom. The van der Waals surface area contributed by atoms with Gasteiger partial charge in [0.15, 0.2) is 5.13 Å². The average molecular weight is 455 g/mol. The summed E-state index contributed by atoms with van der Waals surface area (Å²) in [7, 11) is 2.91. The molecule has 0 unspecified atom stereocenters. The van der Waals surface area contributed by atoms with Crippen LogP contribution in [0.15, 0.2) is 48.5 Å². The second-order valence-electron chi connectivity index (χ2n) is 6.67. The highest BCUT2D eigenvalue weighted by atomic mass is 35.5. The summed E-state index contributed by atoms with van der Waals surface area (Å²) in [4.78, 5) is 28.2. The maximum Gasteiger partial charge on any atom is 0.320 e. The average Bonchev–Trinajstić information content (AvgIpc) is 3.24. The molecule has 4 aromatic rings. The molecule has 0 radical (unpaired) electrons. The molecule has 0 N–H and O–H groups in total. The molecule has 7 nitrogen and oxygen atoms in total. The summed E-state index contributed by atoms with van der Waals surface area (Å²) in [6, 6.07) is 15.0. The monoisotopic (exact) mass is 454 g/mol. The van der Waals surface area contributed by atoms with Crippen LogP contribution in [-0.4, -0.2) is 35.1 Å². The molecule has 0 saturated heterocycles. The van der Waals surface area contributed by atoms with Gasteiger partial charge < -0.3 is 9.47 Å². The number of ether oxygens (including phenoxy) is 2. The first kappa shape index (κ1) is 21.0. The third-order valence-corrected chi connectivity index (χ3v) is 6.14. The molecule has 0 aliphatic heterocycles. The fourth-order valence-electron chi connectivity index (χ4n) is 3.04. The van der Waals surface area contributed by atoms with E-state index in [-0.39, 0.29) is 23.5 Å². The molecule has 158 valence electrons. The number of benzene rings is 2. The molecule has 9 heteroatoms. The zero-order valence-electron chi connectivity index (χ0n) is 17.1. The van der Waals surface area contributed by atoms with Crippen molar-refractivity contribution in [3.8, 4) is 11.9 Å². The molecule has 0 atom stereocenters. The third-order valence-electron chi connectivity index (χ3n) is 4.69. The third kappa shape index (κ3) is 4.30. The van der Waals surface area contributed by atoms with Gasteiger partial charge in [0.2, 0.25) is 5.88 Å². The van der Waals surface area contributed by atoms with Gasteiger partial charge in [0.25, 0.3) is 5.91 Å². The van der Waals surface area contributed by atoms with Crippen LogP contribution in [0.3, 0.4) is 0 Å². The highest BCUT2D eigenvalue weighted by Crippen LogP contribution is 2.35. The van der Waals surface area contributed by atoms with Gasteiger partial charge in [0.1, 0.15) is 5.69 Å². The molecule has 2 heterocycles. The SMILES string of the molecule is COc1cc(C(=O)N(Cc2ccccc2)c2nc3c(C)c(Cl)ccc3s2)nc(OC)n1. The van der Waals surface area contributed by atoms with E-state index in [9.17, 15) is 4.79 Å². The number of anilines is 1. The maximum absolute atomic E-state index is 13.6. The lowest BCUT2D eigenvalue weighted by molar-refractivity contribution is 0.0978. The van der Waals surface area contributed by atoms with Gasteiger partial charge in [0, 0.05) is 11.1 Å². The molecule has 31 heavy (non-hydrogen) atoms. The molecule has 1 amide bonds. The van der Waals surface area contributed by atoms with Crippen LogP contribution in [0.5, 0.6) is 11.9 Å². The lowest BCUT2D eigenvalue weighted by Crippen LogP contribution is -2.31. The summed E-state index contributed by atoms with van der Waals surface area (Å²) >= 11 is 7.69. The Labute approximate surface area is 188 Å². The second kappa shape index (κ2) is 8.87. The van der Waals surface area contributed by atoms with E-state index in [1.165, 1.54) is 31.6 Å². The zero-order chi connectivity index (χ0) is 22.0. The van der Waals surface area contributed by atoms with Crippen LogP contribution in [0.4, 0.5) is 5.13 Å². The van der Waals surface area contributed by atoms with Crippen molar-refractivity contribution in [1.29, 1.82) is 0 Å². The number of amides is 1. The van der Waals surface area contributed by atoms with Crippen LogP contribution in [0.25, 0.3) is 10.2 Å². The quantitative estimate of drug-likeness (QED) is 0.412. The number of fused-ring (bicyclic) bond motifs is 1. The number of hydrogen-bond acceptors (Lipinski definition) is 7. The summed E-state index contributed by atoms with van der Waals surface area (Å²) in [5.74, 6) is -0.104. The molecule has 0 saturated carbocycles. The first-order valence-electron chi connectivity index (χ1n) is 9.38. The van der Waals surface area contributed by atoms with Gasteiger partial charge in [-0.15, -0.1) is 0 Å². The van der Waals surface area contributed by atoms with Crippen molar-refractivity contribution in [3.05, 3.63) is 70.4 Å². The lowest BCUT2D eigenvalue weighted by Gasteiger charge is -2.20. The van der Waals surface area contributed by atoms with E-state index in [1.54, 1.807) is 4.90 Å². The maximum atomic E-state index is 13.6. The first-order valence-corrected chi connectivity index (χ1v) is 10.6. The number of rotatable bonds is 6. The molecule has 4 rings (SSSR count). The molecule has 2 aromatic carbocycles. The second-order valence-corrected chi connectivity index (χ2v) is 8.09. The number of carbonyl (C=O) groups is 1. The zero-order valence-corrected chi connectivity index (χ0v) is 18.7. The van der Waals surface area contributed by atoms with Gasteiger partial charge in [-0.3, -0.25) is 9.69 Å². The minimum absolute atomic E-state index is 0.0503. The molecule has 0 aliphatic rings. The number of halogens is 1. The van der Waals surface area contributed by atoms with E-state index < -0.39 is 0 Å². The van der Waals surface area contributed by atoms with Gasteiger partial charge >= 0.3 is 6.01 Å². The number of aryl methyl sites for hydroxylation is 1. The standard InChI is InChI=1S/C22H19ClN4O3S/c1-13-15(23)9-10-17-19(13)26-22(31-17)27(12-14-7-5-4-6-8-14)20(28)16-11-18(29-2)25-21(24-16)30-3/h4-11H,12H2,1-3H3. The molecular weight excluding hydrogens is 436 g/mol. The predicted octanol–water partition coefficient (Wildman–Crippen LogP) is 4.91. The van der Waals surface area contributed by atoms with E-state index in [0.29, 0.717) is 16.7 Å². The van der Waals surface area contributed by atoms with Gasteiger partial charge in [-0.2, -0.15) is 9.97 Å². The molecule has 0 fully saturated rings. The predicted molar refractivity (Wildman–Crippen MR) is 121 cm³/mol. The van der Waals surface area contributed by atoms with Gasteiger partial charge in [-0.25, -0.2) is 4.98 Å². The van der Waals surface area contributed by atoms with Crippen molar-refractivity contribution in [3.63, 3.8) is 0 Å². The van der Waals surface area contributed by atoms with E-state index in [1.807, 2.05) is 49.4 Å². The Kier molecular flexibility index (Phi) is 6.01. The first-order chi connectivity index (χ1) is 15.0. The Morgan fingerprint density at radius 2 is 1.84 bits per heavy atom. The van der Waals surface area contributed by atoms with E-state index in [4.69, 9.17) is 26.1 Å². The smallest absolute Gasteiger partial charge is 0.320 e. The fourth-order valence-corrected chi connectivity index (χ4v) is 4.22. The Bertz CT molecular complexity index is 1220. The van der Waals surface area contributed by atoms with Crippen LogP contribution < -0.4 is 14.4 Å². The molecular formula is C22H19ClN4O3S. The van der Waals surface area contributed by atoms with E-state index in [2.05, 4.69) is 9.97 Å². The van der Waals surface area contributed by atoms with E-state index >= 15 is 0 Å². The van der Waals surface area contributed by atoms with Gasteiger partial charge in [-0.1, -0.05) is 53.3 Å². The summed E-state index contributed by atoms with van der Waals surface area (Å²) in [5.41, 5.74) is 2.75. The number of aromatic nitrogens is 3. The van der Waals surface area contributed by atoms with Crippen molar-refractivity contribution in [1.82, 2.24) is 15.0 Å². The number of hydrogen-bond donors (Lipinski definition) is 0. The van der Waals surface area contributed by atoms with Gasteiger partial charge in [-0.05, 0) is 30.2 Å². The molecule has 0 aliphatic carbocycles. The van der Waals surface area contributed by atoms with Gasteiger partial charge in [0.05, 0.1) is 31.0 Å². The van der Waals surface area contributed by atoms with Crippen LogP contribution in [-0.2, 0) is 6.54 Å². The van der Waals surface area contributed by atoms with Crippen molar-refractivity contribution in [2.24, 2.45) is 0 Å². The van der Waals surface area contributed by atoms with Crippen molar-refractivity contribution in [2.45, 2.75) is 13.5 Å². The summed E-state index contributed by atoms with van der Waals surface area (Å²) < 4.78 is 11.3. The minimum atomic E-state index is -0.342. The molecule has 0 spiro atoms. The van der Waals surface area contributed by atoms with Crippen LogP contribution in [0.1, 0.15) is 21.6 Å². The molecule has 2 aromatic heterocycles. The van der Waals surface area contributed by atoms with Crippen LogP contribution in [0.2, 0.25) is 5.02 Å². The Hall–Kier alpha value is -3.23. The normalized spacial score (nSPS) is 10.8. The number of thiazole rings is 1. The van der Waals surface area contributed by atoms with Crippen LogP contribution in [0, 0.1) is 6.92 Å². The number of methoxy groups -OCH3 is 2. The summed E-state index contributed by atoms with van der Waals surface area (Å²) in [6.45, 7) is 2.23. The number of nitrogens with zero attached hydrogens (tertiary/aromatic N) is 4. The Morgan fingerprint density at radius 3 is 2.55 bits per heavy atom. The molecule has 0 bridgehead atoms. The number of carbonyl (C=O) groups excluding carboxylic acids is 1. The van der Waals surface area contributed by atoms with Crippen molar-refractivity contribution < 1.29 is 14.3 Å². The van der Waals surface area contributed by atoms with Crippen molar-refractivity contribution >= 4 is 44.2 Å². The fraction of sp³-hybridized carbons (Fsp3) is 0.182.